The maximum absolute atomic E-state index is 12.8. The molecule has 0 spiro atoms. The third-order valence-electron chi connectivity index (χ3n) is 4.18. The Morgan fingerprint density at radius 2 is 2.17 bits per heavy atom. The van der Waals surface area contributed by atoms with E-state index in [9.17, 15) is 8.78 Å². The number of alkyl halides is 2. The maximum Gasteiger partial charge on any atom is 0.280 e. The normalized spacial score (nSPS) is 16.0. The number of hydrogen-bond acceptors (Lipinski definition) is 5. The fourth-order valence-electron chi connectivity index (χ4n) is 2.72. The second kappa shape index (κ2) is 4.94. The fraction of sp³-hybridized carbons (Fsp3) is 0.333. The van der Waals surface area contributed by atoms with Crippen molar-refractivity contribution in [3.63, 3.8) is 0 Å². The van der Waals surface area contributed by atoms with Crippen molar-refractivity contribution >= 4 is 0 Å². The zero-order valence-corrected chi connectivity index (χ0v) is 12.3. The molecule has 0 amide bonds. The SMILES string of the molecule is Cn1nc(-c2nc(C3(c4cccnc4)CC3)no2)cc1C(F)F. The van der Waals surface area contributed by atoms with E-state index in [-0.39, 0.29) is 22.7 Å². The molecule has 0 atom stereocenters. The number of halogens is 2. The van der Waals surface area contributed by atoms with Crippen molar-refractivity contribution in [1.29, 1.82) is 0 Å². The summed E-state index contributed by atoms with van der Waals surface area (Å²) < 4.78 is 32.1. The molecule has 1 aliphatic rings. The standard InChI is InChI=1S/C15H13F2N5O/c1-22-11(12(16)17)7-10(20-22)13-19-14(21-23-13)15(4-5-15)9-3-2-6-18-8-9/h2-3,6-8,12H,4-5H2,1H3. The highest BCUT2D eigenvalue weighted by Crippen LogP contribution is 2.52. The summed E-state index contributed by atoms with van der Waals surface area (Å²) in [6.45, 7) is 0. The summed E-state index contributed by atoms with van der Waals surface area (Å²) in [6, 6.07) is 5.11. The zero-order chi connectivity index (χ0) is 16.0. The molecule has 3 aromatic rings. The molecule has 0 bridgehead atoms. The van der Waals surface area contributed by atoms with E-state index in [2.05, 4.69) is 20.2 Å². The average Bonchev–Trinajstić information content (AvgIpc) is 3.03. The maximum atomic E-state index is 12.8. The van der Waals surface area contributed by atoms with Gasteiger partial charge in [-0.3, -0.25) is 9.67 Å². The second-order valence-corrected chi connectivity index (χ2v) is 5.63. The Labute approximate surface area is 130 Å². The number of aromatic nitrogens is 5. The van der Waals surface area contributed by atoms with E-state index in [1.807, 2.05) is 12.1 Å². The Balaban J connectivity index is 1.69. The lowest BCUT2D eigenvalue weighted by molar-refractivity contribution is 0.141. The van der Waals surface area contributed by atoms with Gasteiger partial charge in [-0.2, -0.15) is 10.1 Å². The van der Waals surface area contributed by atoms with Crippen molar-refractivity contribution in [2.45, 2.75) is 24.7 Å². The van der Waals surface area contributed by atoms with Gasteiger partial charge in [-0.15, -0.1) is 0 Å². The van der Waals surface area contributed by atoms with Crippen molar-refractivity contribution in [3.05, 3.63) is 47.7 Å². The minimum absolute atomic E-state index is 0.151. The lowest BCUT2D eigenvalue weighted by atomic mass is 9.97. The van der Waals surface area contributed by atoms with E-state index in [1.54, 1.807) is 12.4 Å². The molecule has 0 unspecified atom stereocenters. The molecule has 0 saturated heterocycles. The quantitative estimate of drug-likeness (QED) is 0.740. The summed E-state index contributed by atoms with van der Waals surface area (Å²) in [7, 11) is 1.46. The summed E-state index contributed by atoms with van der Waals surface area (Å²) in [6.07, 6.45) is 2.71. The van der Waals surface area contributed by atoms with Crippen molar-refractivity contribution < 1.29 is 13.3 Å². The molecular weight excluding hydrogens is 304 g/mol. The monoisotopic (exact) mass is 317 g/mol. The summed E-state index contributed by atoms with van der Waals surface area (Å²) in [5.74, 6) is 0.697. The van der Waals surface area contributed by atoms with Crippen LogP contribution in [0.3, 0.4) is 0 Å². The molecule has 0 aliphatic heterocycles. The molecule has 3 heterocycles. The molecule has 118 valence electrons. The van der Waals surface area contributed by atoms with Crippen LogP contribution in [0.5, 0.6) is 0 Å². The lowest BCUT2D eigenvalue weighted by Crippen LogP contribution is -2.11. The van der Waals surface area contributed by atoms with Gasteiger partial charge in [0.15, 0.2) is 11.5 Å². The highest BCUT2D eigenvalue weighted by molar-refractivity contribution is 5.48. The number of rotatable bonds is 4. The van der Waals surface area contributed by atoms with Crippen LogP contribution in [-0.2, 0) is 12.5 Å². The molecule has 1 fully saturated rings. The molecule has 6 nitrogen and oxygen atoms in total. The summed E-state index contributed by atoms with van der Waals surface area (Å²) in [5, 5.41) is 8.06. The first-order valence-corrected chi connectivity index (χ1v) is 7.17. The zero-order valence-electron chi connectivity index (χ0n) is 12.3. The topological polar surface area (TPSA) is 69.6 Å². The predicted molar refractivity (Wildman–Crippen MR) is 75.7 cm³/mol. The smallest absolute Gasteiger partial charge is 0.280 e. The minimum Gasteiger partial charge on any atom is -0.332 e. The van der Waals surface area contributed by atoms with Gasteiger partial charge < -0.3 is 4.52 Å². The fourth-order valence-corrected chi connectivity index (χ4v) is 2.72. The Kier molecular flexibility index (Phi) is 3.00. The molecule has 4 rings (SSSR count). The Bertz CT molecular complexity index is 839. The average molecular weight is 317 g/mol. The molecule has 0 N–H and O–H groups in total. The van der Waals surface area contributed by atoms with Gasteiger partial charge >= 0.3 is 0 Å². The van der Waals surface area contributed by atoms with Gasteiger partial charge in [0.2, 0.25) is 0 Å². The van der Waals surface area contributed by atoms with Crippen LogP contribution < -0.4 is 0 Å². The van der Waals surface area contributed by atoms with Gasteiger partial charge in [0.25, 0.3) is 12.3 Å². The van der Waals surface area contributed by atoms with Crippen LogP contribution in [0.2, 0.25) is 0 Å². The van der Waals surface area contributed by atoms with Gasteiger partial charge in [0.05, 0.1) is 5.41 Å². The number of pyridine rings is 1. The largest absolute Gasteiger partial charge is 0.332 e. The van der Waals surface area contributed by atoms with E-state index >= 15 is 0 Å². The van der Waals surface area contributed by atoms with Gasteiger partial charge in [-0.1, -0.05) is 11.2 Å². The van der Waals surface area contributed by atoms with E-state index < -0.39 is 6.43 Å². The second-order valence-electron chi connectivity index (χ2n) is 5.63. The van der Waals surface area contributed by atoms with E-state index in [1.165, 1.54) is 13.1 Å². The Hall–Kier alpha value is -2.64. The first-order valence-electron chi connectivity index (χ1n) is 7.17. The number of aryl methyl sites for hydroxylation is 1. The van der Waals surface area contributed by atoms with Crippen LogP contribution >= 0.6 is 0 Å². The predicted octanol–water partition coefficient (Wildman–Crippen LogP) is 2.88. The number of nitrogens with zero attached hydrogens (tertiary/aromatic N) is 5. The first kappa shape index (κ1) is 14.0. The third kappa shape index (κ3) is 2.21. The first-order chi connectivity index (χ1) is 11.1. The van der Waals surface area contributed by atoms with E-state index in [0.29, 0.717) is 5.82 Å². The van der Waals surface area contributed by atoms with Crippen molar-refractivity contribution in [2.75, 3.05) is 0 Å². The van der Waals surface area contributed by atoms with Crippen molar-refractivity contribution in [2.24, 2.45) is 7.05 Å². The summed E-state index contributed by atoms with van der Waals surface area (Å²) in [5.41, 5.74) is 0.814. The molecule has 8 heteroatoms. The minimum atomic E-state index is -2.60. The molecule has 1 saturated carbocycles. The van der Waals surface area contributed by atoms with Crippen LogP contribution in [-0.4, -0.2) is 24.9 Å². The molecule has 23 heavy (non-hydrogen) atoms. The Morgan fingerprint density at radius 1 is 1.35 bits per heavy atom. The summed E-state index contributed by atoms with van der Waals surface area (Å²) >= 11 is 0. The van der Waals surface area contributed by atoms with Crippen LogP contribution in [0, 0.1) is 0 Å². The van der Waals surface area contributed by atoms with Crippen LogP contribution in [0.25, 0.3) is 11.6 Å². The highest BCUT2D eigenvalue weighted by atomic mass is 19.3. The molecular formula is C15H13F2N5O. The molecule has 3 aromatic heterocycles. The van der Waals surface area contributed by atoms with Crippen LogP contribution in [0.1, 0.15) is 36.3 Å². The van der Waals surface area contributed by atoms with E-state index in [4.69, 9.17) is 4.52 Å². The van der Waals surface area contributed by atoms with Gasteiger partial charge in [0, 0.05) is 19.4 Å². The van der Waals surface area contributed by atoms with E-state index in [0.717, 1.165) is 23.1 Å². The third-order valence-corrected chi connectivity index (χ3v) is 4.18. The van der Waals surface area contributed by atoms with Crippen LogP contribution in [0.4, 0.5) is 8.78 Å². The molecule has 1 aliphatic carbocycles. The Morgan fingerprint density at radius 3 is 2.78 bits per heavy atom. The van der Waals surface area contributed by atoms with Crippen molar-refractivity contribution in [3.8, 4) is 11.6 Å². The summed E-state index contributed by atoms with van der Waals surface area (Å²) in [4.78, 5) is 8.51. The van der Waals surface area contributed by atoms with Gasteiger partial charge in [-0.05, 0) is 30.5 Å². The highest BCUT2D eigenvalue weighted by Gasteiger charge is 2.50. The van der Waals surface area contributed by atoms with Crippen molar-refractivity contribution in [1.82, 2.24) is 24.9 Å². The van der Waals surface area contributed by atoms with Gasteiger partial charge in [-0.25, -0.2) is 8.78 Å². The molecule has 0 radical (unpaired) electrons. The van der Waals surface area contributed by atoms with Gasteiger partial charge in [0.1, 0.15) is 5.69 Å². The molecule has 0 aromatic carbocycles. The van der Waals surface area contributed by atoms with Crippen LogP contribution in [0.15, 0.2) is 35.1 Å². The number of hydrogen-bond donors (Lipinski definition) is 0. The lowest BCUT2D eigenvalue weighted by Gasteiger charge is -2.09.